The van der Waals surface area contributed by atoms with E-state index < -0.39 is 0 Å². The zero-order valence-corrected chi connectivity index (χ0v) is 15.5. The second-order valence-electron chi connectivity index (χ2n) is 8.22. The molecule has 2 aliphatic rings. The van der Waals surface area contributed by atoms with Gasteiger partial charge in [-0.1, -0.05) is 52.8 Å². The van der Waals surface area contributed by atoms with E-state index in [9.17, 15) is 4.79 Å². The first kappa shape index (κ1) is 17.0. The summed E-state index contributed by atoms with van der Waals surface area (Å²) in [5.41, 5.74) is 3.04. The number of hydrogen-bond acceptors (Lipinski definition) is 3. The number of carbonyl (C=O) groups is 1. The Morgan fingerprint density at radius 1 is 1.33 bits per heavy atom. The quantitative estimate of drug-likeness (QED) is 0.776. The molecular weight excluding hydrogens is 302 g/mol. The molecule has 0 aliphatic carbocycles. The van der Waals surface area contributed by atoms with Crippen LogP contribution in [0.5, 0.6) is 5.75 Å². The molecule has 2 heterocycles. The van der Waals surface area contributed by atoms with Crippen LogP contribution in [0, 0.1) is 0 Å². The van der Waals surface area contributed by atoms with E-state index in [0.717, 1.165) is 11.3 Å². The average Bonchev–Trinajstić information content (AvgIpc) is 2.97. The van der Waals surface area contributed by atoms with E-state index in [1.54, 1.807) is 0 Å². The molecule has 4 nitrogen and oxygen atoms in total. The van der Waals surface area contributed by atoms with E-state index in [2.05, 4.69) is 52.8 Å². The number of hydroxylamine groups is 2. The molecule has 2 aliphatic heterocycles. The highest BCUT2D eigenvalue weighted by Gasteiger charge is 2.43. The van der Waals surface area contributed by atoms with Crippen LogP contribution < -0.4 is 4.74 Å². The summed E-state index contributed by atoms with van der Waals surface area (Å²) in [5, 5.41) is 1.40. The zero-order valence-electron chi connectivity index (χ0n) is 15.5. The normalized spacial score (nSPS) is 24.4. The first-order valence-corrected chi connectivity index (χ1v) is 8.53. The maximum absolute atomic E-state index is 12.3. The van der Waals surface area contributed by atoms with E-state index in [1.165, 1.54) is 23.3 Å². The summed E-state index contributed by atoms with van der Waals surface area (Å²) < 4.78 is 6.37. The molecule has 0 N–H and O–H groups in total. The molecule has 1 saturated heterocycles. The Kier molecular flexibility index (Phi) is 3.99. The summed E-state index contributed by atoms with van der Waals surface area (Å²) in [6.07, 6.45) is 2.55. The van der Waals surface area contributed by atoms with Crippen molar-refractivity contribution in [2.24, 2.45) is 0 Å². The second kappa shape index (κ2) is 5.62. The predicted molar refractivity (Wildman–Crippen MR) is 94.0 cm³/mol. The first-order valence-electron chi connectivity index (χ1n) is 8.53. The van der Waals surface area contributed by atoms with Crippen LogP contribution in [0.3, 0.4) is 0 Å². The Balaban J connectivity index is 1.98. The van der Waals surface area contributed by atoms with Gasteiger partial charge in [-0.3, -0.25) is 9.63 Å². The van der Waals surface area contributed by atoms with Gasteiger partial charge in [0.05, 0.1) is 13.7 Å². The van der Waals surface area contributed by atoms with Gasteiger partial charge < -0.3 is 4.74 Å². The molecule has 1 unspecified atom stereocenters. The standard InChI is InChI=1S/C20H27NO3/c1-19(2,3)14-8-7-9-15-17(14)24-16(20(15,4)5)12-13-10-11-21(23-6)18(13)22/h7-9,12,16H,10-11H2,1-6H3. The summed E-state index contributed by atoms with van der Waals surface area (Å²) in [4.78, 5) is 17.4. The zero-order chi connectivity index (χ0) is 17.7. The minimum Gasteiger partial charge on any atom is -0.485 e. The molecule has 1 fully saturated rings. The van der Waals surface area contributed by atoms with Crippen molar-refractivity contribution >= 4 is 5.91 Å². The van der Waals surface area contributed by atoms with Crippen molar-refractivity contribution in [3.8, 4) is 5.75 Å². The Labute approximate surface area is 144 Å². The van der Waals surface area contributed by atoms with E-state index in [-0.39, 0.29) is 22.8 Å². The highest BCUT2D eigenvalue weighted by atomic mass is 16.7. The number of para-hydroxylation sites is 1. The fourth-order valence-corrected chi connectivity index (χ4v) is 3.53. The first-order chi connectivity index (χ1) is 11.2. The highest BCUT2D eigenvalue weighted by Crippen LogP contribution is 2.48. The molecule has 0 bridgehead atoms. The maximum atomic E-state index is 12.3. The average molecular weight is 329 g/mol. The van der Waals surface area contributed by atoms with E-state index in [0.29, 0.717) is 13.0 Å². The highest BCUT2D eigenvalue weighted by molar-refractivity contribution is 5.95. The van der Waals surface area contributed by atoms with Gasteiger partial charge in [0.25, 0.3) is 5.91 Å². The lowest BCUT2D eigenvalue weighted by Gasteiger charge is -2.23. The molecule has 4 heteroatoms. The van der Waals surface area contributed by atoms with Crippen LogP contribution in [0.1, 0.15) is 52.2 Å². The monoisotopic (exact) mass is 329 g/mol. The molecule has 0 saturated carbocycles. The summed E-state index contributed by atoms with van der Waals surface area (Å²) in [7, 11) is 1.53. The van der Waals surface area contributed by atoms with Crippen molar-refractivity contribution in [2.75, 3.05) is 13.7 Å². The van der Waals surface area contributed by atoms with Gasteiger partial charge in [-0.2, -0.15) is 0 Å². The number of carbonyl (C=O) groups excluding carboxylic acids is 1. The van der Waals surface area contributed by atoms with Gasteiger partial charge >= 0.3 is 0 Å². The molecule has 24 heavy (non-hydrogen) atoms. The predicted octanol–water partition coefficient (Wildman–Crippen LogP) is 3.74. The number of hydrogen-bond donors (Lipinski definition) is 0. The molecule has 1 aromatic carbocycles. The molecule has 1 amide bonds. The Hall–Kier alpha value is -1.81. The number of amides is 1. The third-order valence-electron chi connectivity index (χ3n) is 5.13. The molecule has 0 aromatic heterocycles. The van der Waals surface area contributed by atoms with Gasteiger partial charge in [-0.25, -0.2) is 5.06 Å². The Morgan fingerprint density at radius 3 is 2.62 bits per heavy atom. The third kappa shape index (κ3) is 2.63. The van der Waals surface area contributed by atoms with Crippen molar-refractivity contribution in [1.82, 2.24) is 5.06 Å². The fraction of sp³-hybridized carbons (Fsp3) is 0.550. The fourth-order valence-electron chi connectivity index (χ4n) is 3.53. The van der Waals surface area contributed by atoms with Crippen molar-refractivity contribution in [2.45, 2.75) is 58.0 Å². The number of benzene rings is 1. The minimum absolute atomic E-state index is 0.0134. The van der Waals surface area contributed by atoms with Gasteiger partial charge in [0.2, 0.25) is 0 Å². The Morgan fingerprint density at radius 2 is 2.04 bits per heavy atom. The molecule has 130 valence electrons. The van der Waals surface area contributed by atoms with Crippen LogP contribution in [0.4, 0.5) is 0 Å². The Bertz CT molecular complexity index is 697. The van der Waals surface area contributed by atoms with Crippen LogP contribution in [0.15, 0.2) is 29.8 Å². The van der Waals surface area contributed by atoms with E-state index in [4.69, 9.17) is 9.57 Å². The van der Waals surface area contributed by atoms with E-state index in [1.807, 2.05) is 6.08 Å². The third-order valence-corrected chi connectivity index (χ3v) is 5.13. The summed E-state index contributed by atoms with van der Waals surface area (Å²) in [6.45, 7) is 11.6. The van der Waals surface area contributed by atoms with Crippen LogP contribution in [-0.4, -0.2) is 30.7 Å². The molecule has 1 aromatic rings. The lowest BCUT2D eigenvalue weighted by molar-refractivity contribution is -0.164. The van der Waals surface area contributed by atoms with Crippen molar-refractivity contribution in [3.05, 3.63) is 41.0 Å². The SMILES string of the molecule is CON1CCC(=CC2Oc3c(C(C)(C)C)cccc3C2(C)C)C1=O. The van der Waals surface area contributed by atoms with Crippen molar-refractivity contribution in [1.29, 1.82) is 0 Å². The second-order valence-corrected chi connectivity index (χ2v) is 8.22. The number of ether oxygens (including phenoxy) is 1. The lowest BCUT2D eigenvalue weighted by atomic mass is 9.77. The van der Waals surface area contributed by atoms with Crippen molar-refractivity contribution < 1.29 is 14.4 Å². The molecular formula is C20H27NO3. The molecule has 0 spiro atoms. The lowest BCUT2D eigenvalue weighted by Crippen LogP contribution is -2.31. The molecule has 1 atom stereocenters. The van der Waals surface area contributed by atoms with Gasteiger partial charge in [0, 0.05) is 16.6 Å². The minimum atomic E-state index is -0.176. The van der Waals surface area contributed by atoms with Crippen LogP contribution in [0.25, 0.3) is 0 Å². The van der Waals surface area contributed by atoms with Crippen LogP contribution in [-0.2, 0) is 20.5 Å². The largest absolute Gasteiger partial charge is 0.485 e. The number of fused-ring (bicyclic) bond motifs is 1. The van der Waals surface area contributed by atoms with Crippen molar-refractivity contribution in [3.63, 3.8) is 0 Å². The van der Waals surface area contributed by atoms with E-state index >= 15 is 0 Å². The topological polar surface area (TPSA) is 38.8 Å². The summed E-state index contributed by atoms with van der Waals surface area (Å²) in [6, 6.07) is 6.38. The van der Waals surface area contributed by atoms with Crippen LogP contribution >= 0.6 is 0 Å². The summed E-state index contributed by atoms with van der Waals surface area (Å²) >= 11 is 0. The van der Waals surface area contributed by atoms with Gasteiger partial charge in [0.15, 0.2) is 0 Å². The van der Waals surface area contributed by atoms with Gasteiger partial charge in [-0.05, 0) is 23.5 Å². The van der Waals surface area contributed by atoms with Gasteiger partial charge in [0.1, 0.15) is 11.9 Å². The number of rotatable bonds is 2. The number of nitrogens with zero attached hydrogens (tertiary/aromatic N) is 1. The molecule has 3 rings (SSSR count). The van der Waals surface area contributed by atoms with Crippen LogP contribution in [0.2, 0.25) is 0 Å². The smallest absolute Gasteiger partial charge is 0.273 e. The van der Waals surface area contributed by atoms with Gasteiger partial charge in [-0.15, -0.1) is 0 Å². The molecule has 0 radical (unpaired) electrons. The summed E-state index contributed by atoms with van der Waals surface area (Å²) in [5.74, 6) is 0.926. The maximum Gasteiger partial charge on any atom is 0.273 e.